The first-order valence-electron chi connectivity index (χ1n) is 6.84. The first-order chi connectivity index (χ1) is 9.53. The number of hydrogen-bond donors (Lipinski definition) is 3. The zero-order valence-electron chi connectivity index (χ0n) is 12.2. The highest BCUT2D eigenvalue weighted by molar-refractivity contribution is 5.73. The van der Waals surface area contributed by atoms with Crippen LogP contribution in [0, 0.1) is 0 Å². The molecule has 1 aromatic carbocycles. The maximum Gasteiger partial charge on any atom is 0.320 e. The molecule has 0 bridgehead atoms. The van der Waals surface area contributed by atoms with Crippen LogP contribution in [0.1, 0.15) is 38.4 Å². The lowest BCUT2D eigenvalue weighted by molar-refractivity contribution is -0.140. The van der Waals surface area contributed by atoms with Crippen LogP contribution in [0.15, 0.2) is 24.3 Å². The number of aliphatic carboxylic acids is 1. The topological polar surface area (TPSA) is 78.8 Å². The molecule has 0 aliphatic carbocycles. The average molecular weight is 281 g/mol. The molecule has 0 radical (unpaired) electrons. The Morgan fingerprint density at radius 3 is 2.55 bits per heavy atom. The predicted molar refractivity (Wildman–Crippen MR) is 76.9 cm³/mol. The van der Waals surface area contributed by atoms with Crippen molar-refractivity contribution < 1.29 is 19.7 Å². The van der Waals surface area contributed by atoms with Gasteiger partial charge < -0.3 is 14.9 Å². The standard InChI is InChI=1S/C15H23NO4/c1-4-12(16-13(5-2)15(18)19)14(17)10-7-6-8-11(9-10)20-3/h6-9,12-14,16-17H,4-5H2,1-3H3,(H,18,19). The van der Waals surface area contributed by atoms with Crippen molar-refractivity contribution in [3.05, 3.63) is 29.8 Å². The summed E-state index contributed by atoms with van der Waals surface area (Å²) in [5.74, 6) is -0.231. The molecule has 3 N–H and O–H groups in total. The summed E-state index contributed by atoms with van der Waals surface area (Å²) < 4.78 is 5.13. The van der Waals surface area contributed by atoms with Crippen molar-refractivity contribution >= 4 is 5.97 Å². The van der Waals surface area contributed by atoms with Gasteiger partial charge in [-0.3, -0.25) is 10.1 Å². The number of aliphatic hydroxyl groups is 1. The zero-order chi connectivity index (χ0) is 15.1. The van der Waals surface area contributed by atoms with Crippen LogP contribution in [-0.4, -0.2) is 35.4 Å². The number of ether oxygens (including phenoxy) is 1. The molecule has 0 aliphatic heterocycles. The number of aliphatic hydroxyl groups excluding tert-OH is 1. The molecule has 0 saturated heterocycles. The van der Waals surface area contributed by atoms with Gasteiger partial charge in [0, 0.05) is 6.04 Å². The molecule has 112 valence electrons. The number of nitrogens with one attached hydrogen (secondary N) is 1. The Labute approximate surface area is 119 Å². The maximum atomic E-state index is 11.1. The molecule has 0 amide bonds. The van der Waals surface area contributed by atoms with Gasteiger partial charge in [0.15, 0.2) is 0 Å². The molecule has 5 nitrogen and oxygen atoms in total. The van der Waals surface area contributed by atoms with Gasteiger partial charge in [0.05, 0.1) is 13.2 Å². The molecule has 3 unspecified atom stereocenters. The minimum atomic E-state index is -0.899. The first kappa shape index (κ1) is 16.5. The van der Waals surface area contributed by atoms with Gasteiger partial charge in [-0.05, 0) is 30.5 Å². The molecule has 0 fully saturated rings. The fourth-order valence-corrected chi connectivity index (χ4v) is 2.11. The quantitative estimate of drug-likeness (QED) is 0.679. The van der Waals surface area contributed by atoms with Crippen molar-refractivity contribution in [2.24, 2.45) is 0 Å². The van der Waals surface area contributed by atoms with Crippen LogP contribution in [0.25, 0.3) is 0 Å². The third-order valence-electron chi connectivity index (χ3n) is 3.38. The molecular formula is C15H23NO4. The number of carbonyl (C=O) groups is 1. The van der Waals surface area contributed by atoms with Gasteiger partial charge >= 0.3 is 5.97 Å². The zero-order valence-corrected chi connectivity index (χ0v) is 12.2. The molecule has 0 spiro atoms. The summed E-state index contributed by atoms with van der Waals surface area (Å²) in [6.45, 7) is 3.71. The lowest BCUT2D eigenvalue weighted by atomic mass is 9.99. The average Bonchev–Trinajstić information content (AvgIpc) is 2.47. The maximum absolute atomic E-state index is 11.1. The van der Waals surface area contributed by atoms with Crippen molar-refractivity contribution in [3.63, 3.8) is 0 Å². The molecular weight excluding hydrogens is 258 g/mol. The van der Waals surface area contributed by atoms with E-state index in [0.717, 1.165) is 0 Å². The van der Waals surface area contributed by atoms with Crippen LogP contribution in [-0.2, 0) is 4.79 Å². The monoisotopic (exact) mass is 281 g/mol. The summed E-state index contributed by atoms with van der Waals surface area (Å²) >= 11 is 0. The highest BCUT2D eigenvalue weighted by atomic mass is 16.5. The Morgan fingerprint density at radius 2 is 2.05 bits per heavy atom. The van der Waals surface area contributed by atoms with Gasteiger partial charge in [0.1, 0.15) is 11.8 Å². The van der Waals surface area contributed by atoms with Crippen LogP contribution >= 0.6 is 0 Å². The second kappa shape index (κ2) is 7.87. The molecule has 3 atom stereocenters. The highest BCUT2D eigenvalue weighted by Crippen LogP contribution is 2.23. The van der Waals surface area contributed by atoms with Gasteiger partial charge in [-0.2, -0.15) is 0 Å². The van der Waals surface area contributed by atoms with E-state index >= 15 is 0 Å². The van der Waals surface area contributed by atoms with Gasteiger partial charge in [-0.15, -0.1) is 0 Å². The van der Waals surface area contributed by atoms with Crippen LogP contribution in [0.2, 0.25) is 0 Å². The van der Waals surface area contributed by atoms with E-state index in [0.29, 0.717) is 24.2 Å². The number of rotatable bonds is 8. The van der Waals surface area contributed by atoms with Crippen LogP contribution in [0.3, 0.4) is 0 Å². The van der Waals surface area contributed by atoms with Crippen molar-refractivity contribution in [1.29, 1.82) is 0 Å². The van der Waals surface area contributed by atoms with E-state index in [1.807, 2.05) is 6.92 Å². The first-order valence-corrected chi connectivity index (χ1v) is 6.84. The molecule has 5 heteroatoms. The predicted octanol–water partition coefficient (Wildman–Crippen LogP) is 1.96. The summed E-state index contributed by atoms with van der Waals surface area (Å²) in [6, 6.07) is 6.20. The lowest BCUT2D eigenvalue weighted by Gasteiger charge is -2.26. The Hall–Kier alpha value is -1.59. The van der Waals surface area contributed by atoms with Crippen LogP contribution in [0.4, 0.5) is 0 Å². The number of carboxylic acid groups (broad SMARTS) is 1. The second-order valence-corrected chi connectivity index (χ2v) is 4.70. The van der Waals surface area contributed by atoms with Gasteiger partial charge in [-0.1, -0.05) is 26.0 Å². The van der Waals surface area contributed by atoms with E-state index < -0.39 is 18.1 Å². The van der Waals surface area contributed by atoms with Crippen molar-refractivity contribution in [2.45, 2.75) is 44.9 Å². The van der Waals surface area contributed by atoms with Crippen LogP contribution < -0.4 is 10.1 Å². The smallest absolute Gasteiger partial charge is 0.320 e. The van der Waals surface area contributed by atoms with E-state index in [1.54, 1.807) is 38.3 Å². The minimum Gasteiger partial charge on any atom is -0.497 e. The Balaban J connectivity index is 2.84. The third kappa shape index (κ3) is 4.21. The summed E-state index contributed by atoms with van der Waals surface area (Å²) in [7, 11) is 1.57. The molecule has 0 saturated carbocycles. The number of methoxy groups -OCH3 is 1. The third-order valence-corrected chi connectivity index (χ3v) is 3.38. The number of hydrogen-bond acceptors (Lipinski definition) is 4. The molecule has 0 aliphatic rings. The Bertz CT molecular complexity index is 436. The molecule has 1 rings (SSSR count). The van der Waals surface area contributed by atoms with Gasteiger partial charge in [-0.25, -0.2) is 0 Å². The number of carboxylic acids is 1. The molecule has 0 heterocycles. The highest BCUT2D eigenvalue weighted by Gasteiger charge is 2.25. The minimum absolute atomic E-state index is 0.317. The number of benzene rings is 1. The molecule has 1 aromatic rings. The largest absolute Gasteiger partial charge is 0.497 e. The fraction of sp³-hybridized carbons (Fsp3) is 0.533. The molecule has 20 heavy (non-hydrogen) atoms. The SMILES string of the molecule is CCC(NC(CC)C(O)c1cccc(OC)c1)C(=O)O. The van der Waals surface area contributed by atoms with Crippen molar-refractivity contribution in [3.8, 4) is 5.75 Å². The lowest BCUT2D eigenvalue weighted by Crippen LogP contribution is -2.45. The second-order valence-electron chi connectivity index (χ2n) is 4.70. The van der Waals surface area contributed by atoms with Crippen molar-refractivity contribution in [1.82, 2.24) is 5.32 Å². The summed E-state index contributed by atoms with van der Waals surface area (Å²) in [5, 5.41) is 22.5. The summed E-state index contributed by atoms with van der Waals surface area (Å²) in [6.07, 6.45) is 0.322. The molecule has 0 aromatic heterocycles. The Kier molecular flexibility index (Phi) is 6.48. The van der Waals surface area contributed by atoms with Gasteiger partial charge in [0.25, 0.3) is 0 Å². The van der Waals surface area contributed by atoms with Gasteiger partial charge in [0.2, 0.25) is 0 Å². The van der Waals surface area contributed by atoms with Crippen LogP contribution in [0.5, 0.6) is 5.75 Å². The van der Waals surface area contributed by atoms with E-state index in [4.69, 9.17) is 9.84 Å². The summed E-state index contributed by atoms with van der Waals surface area (Å²) in [5.41, 5.74) is 0.712. The fourth-order valence-electron chi connectivity index (χ4n) is 2.11. The summed E-state index contributed by atoms with van der Waals surface area (Å²) in [4.78, 5) is 11.1. The Morgan fingerprint density at radius 1 is 1.35 bits per heavy atom. The van der Waals surface area contributed by atoms with E-state index in [-0.39, 0.29) is 6.04 Å². The normalized spacial score (nSPS) is 15.4. The van der Waals surface area contributed by atoms with E-state index in [9.17, 15) is 9.90 Å². The van der Waals surface area contributed by atoms with Crippen molar-refractivity contribution in [2.75, 3.05) is 7.11 Å². The van der Waals surface area contributed by atoms with E-state index in [1.165, 1.54) is 0 Å². The van der Waals surface area contributed by atoms with E-state index in [2.05, 4.69) is 5.32 Å².